The van der Waals surface area contributed by atoms with Crippen molar-refractivity contribution in [1.29, 1.82) is 0 Å². The van der Waals surface area contributed by atoms with Gasteiger partial charge in [-0.3, -0.25) is 4.79 Å². The highest BCUT2D eigenvalue weighted by Gasteiger charge is 2.21. The molecule has 0 spiro atoms. The molecule has 0 aromatic heterocycles. The predicted octanol–water partition coefficient (Wildman–Crippen LogP) is 2.45. The number of aliphatic imine (C=N–C) groups is 1. The Morgan fingerprint density at radius 2 is 2.23 bits per heavy atom. The molecule has 0 N–H and O–H groups in total. The first-order valence-electron chi connectivity index (χ1n) is 4.09. The lowest BCUT2D eigenvalue weighted by atomic mass is 10.1. The summed E-state index contributed by atoms with van der Waals surface area (Å²) >= 11 is 0. The van der Waals surface area contributed by atoms with Crippen LogP contribution in [-0.4, -0.2) is 11.5 Å². The van der Waals surface area contributed by atoms with Crippen molar-refractivity contribution in [2.45, 2.75) is 6.92 Å². The van der Waals surface area contributed by atoms with Crippen LogP contribution in [-0.2, 0) is 0 Å². The Labute approximate surface area is 76.6 Å². The summed E-state index contributed by atoms with van der Waals surface area (Å²) in [4.78, 5) is 15.7. The molecule has 0 radical (unpaired) electrons. The lowest BCUT2D eigenvalue weighted by Gasteiger charge is -1.95. The Kier molecular flexibility index (Phi) is 1.62. The second-order valence-electron chi connectivity index (χ2n) is 3.05. The zero-order valence-electron chi connectivity index (χ0n) is 7.37. The smallest absolute Gasteiger partial charge is 0.213 e. The summed E-state index contributed by atoms with van der Waals surface area (Å²) in [6.07, 6.45) is 1.50. The molecule has 1 heterocycles. The van der Waals surface area contributed by atoms with Gasteiger partial charge in [-0.05, 0) is 30.7 Å². The molecule has 64 valence electrons. The average molecular weight is 171 g/mol. The second-order valence-corrected chi connectivity index (χ2v) is 3.05. The van der Waals surface area contributed by atoms with E-state index < -0.39 is 0 Å². The van der Waals surface area contributed by atoms with Gasteiger partial charge in [0.25, 0.3) is 0 Å². The molecule has 13 heavy (non-hydrogen) atoms. The zero-order valence-corrected chi connectivity index (χ0v) is 7.37. The van der Waals surface area contributed by atoms with Crippen molar-refractivity contribution >= 4 is 17.2 Å². The number of benzene rings is 1. The third-order valence-electron chi connectivity index (χ3n) is 2.06. The van der Waals surface area contributed by atoms with Crippen LogP contribution in [0.3, 0.4) is 0 Å². The summed E-state index contributed by atoms with van der Waals surface area (Å²) < 4.78 is 0. The highest BCUT2D eigenvalue weighted by atomic mass is 16.1. The number of allylic oxidation sites excluding steroid dienone is 1. The van der Waals surface area contributed by atoms with Crippen LogP contribution < -0.4 is 0 Å². The fraction of sp³-hybridized carbons (Fsp3) is 0.0909. The van der Waals surface area contributed by atoms with Crippen molar-refractivity contribution in [3.05, 3.63) is 42.0 Å². The van der Waals surface area contributed by atoms with Crippen LogP contribution >= 0.6 is 0 Å². The summed E-state index contributed by atoms with van der Waals surface area (Å²) in [6.45, 7) is 5.53. The van der Waals surface area contributed by atoms with Crippen molar-refractivity contribution in [2.75, 3.05) is 0 Å². The Hall–Kier alpha value is -1.70. The van der Waals surface area contributed by atoms with Gasteiger partial charge >= 0.3 is 0 Å². The molecule has 1 aromatic carbocycles. The van der Waals surface area contributed by atoms with Gasteiger partial charge in [0.2, 0.25) is 5.78 Å². The Morgan fingerprint density at radius 1 is 1.46 bits per heavy atom. The molecule has 0 bridgehead atoms. The number of aryl methyl sites for hydroxylation is 1. The molecule has 2 rings (SSSR count). The summed E-state index contributed by atoms with van der Waals surface area (Å²) in [7, 11) is 0. The number of hydrogen-bond acceptors (Lipinski definition) is 2. The minimum atomic E-state index is -0.0231. The Morgan fingerprint density at radius 3 is 2.92 bits per heavy atom. The molecule has 1 aliphatic rings. The van der Waals surface area contributed by atoms with Crippen LogP contribution in [0, 0.1) is 6.92 Å². The first-order chi connectivity index (χ1) is 6.22. The second kappa shape index (κ2) is 2.66. The number of ketones is 1. The summed E-state index contributed by atoms with van der Waals surface area (Å²) in [5, 5.41) is 0. The minimum absolute atomic E-state index is 0.0231. The van der Waals surface area contributed by atoms with E-state index in [-0.39, 0.29) is 5.78 Å². The number of nitrogens with zero attached hydrogens (tertiary/aromatic N) is 1. The van der Waals surface area contributed by atoms with Gasteiger partial charge in [0, 0.05) is 5.56 Å². The SMILES string of the molecule is C=CC1=Nc2cc(C)ccc2C1=O. The molecule has 0 saturated carbocycles. The Bertz CT molecular complexity index is 430. The quantitative estimate of drug-likeness (QED) is 0.638. The number of hydrogen-bond donors (Lipinski definition) is 0. The van der Waals surface area contributed by atoms with Crippen LogP contribution in [0.25, 0.3) is 0 Å². The van der Waals surface area contributed by atoms with Crippen molar-refractivity contribution < 1.29 is 4.79 Å². The molecule has 2 nitrogen and oxygen atoms in total. The zero-order chi connectivity index (χ0) is 9.42. The third-order valence-corrected chi connectivity index (χ3v) is 2.06. The van der Waals surface area contributed by atoms with Gasteiger partial charge in [-0.2, -0.15) is 0 Å². The number of fused-ring (bicyclic) bond motifs is 1. The third kappa shape index (κ3) is 1.11. The van der Waals surface area contributed by atoms with Crippen LogP contribution in [0.1, 0.15) is 15.9 Å². The van der Waals surface area contributed by atoms with Crippen molar-refractivity contribution in [3.63, 3.8) is 0 Å². The highest BCUT2D eigenvalue weighted by molar-refractivity contribution is 6.53. The molecule has 0 unspecified atom stereocenters. The van der Waals surface area contributed by atoms with Gasteiger partial charge in [0.1, 0.15) is 5.71 Å². The molecular weight excluding hydrogens is 162 g/mol. The topological polar surface area (TPSA) is 29.4 Å². The van der Waals surface area contributed by atoms with E-state index in [1.807, 2.05) is 25.1 Å². The average Bonchev–Trinajstić information content (AvgIpc) is 2.42. The summed E-state index contributed by atoms with van der Waals surface area (Å²) in [6, 6.07) is 5.63. The van der Waals surface area contributed by atoms with E-state index in [1.54, 1.807) is 0 Å². The minimum Gasteiger partial charge on any atom is -0.287 e. The number of rotatable bonds is 1. The number of carbonyl (C=O) groups is 1. The monoisotopic (exact) mass is 171 g/mol. The maximum absolute atomic E-state index is 11.5. The molecule has 1 aromatic rings. The molecule has 0 fully saturated rings. The van der Waals surface area contributed by atoms with E-state index in [4.69, 9.17) is 0 Å². The predicted molar refractivity (Wildman–Crippen MR) is 52.8 cm³/mol. The first-order valence-corrected chi connectivity index (χ1v) is 4.09. The normalized spacial score (nSPS) is 13.9. The molecule has 0 amide bonds. The number of Topliss-reactive ketones (excluding diaryl/α,β-unsaturated/α-hetero) is 1. The largest absolute Gasteiger partial charge is 0.287 e. The summed E-state index contributed by atoms with van der Waals surface area (Å²) in [5.41, 5.74) is 3.00. The standard InChI is InChI=1S/C11H9NO/c1-3-9-11(13)8-5-4-7(2)6-10(8)12-9/h3-6H,1H2,2H3. The number of carbonyl (C=O) groups excluding carboxylic acids is 1. The van der Waals surface area contributed by atoms with Gasteiger partial charge in [-0.25, -0.2) is 4.99 Å². The fourth-order valence-corrected chi connectivity index (χ4v) is 1.38. The van der Waals surface area contributed by atoms with Crippen LogP contribution in [0.4, 0.5) is 5.69 Å². The molecule has 0 saturated heterocycles. The summed E-state index contributed by atoms with van der Waals surface area (Å²) in [5.74, 6) is -0.0231. The van der Waals surface area contributed by atoms with Crippen molar-refractivity contribution in [3.8, 4) is 0 Å². The van der Waals surface area contributed by atoms with E-state index in [0.717, 1.165) is 11.3 Å². The Balaban J connectivity index is 2.61. The molecule has 0 atom stereocenters. The van der Waals surface area contributed by atoms with E-state index in [2.05, 4.69) is 11.6 Å². The van der Waals surface area contributed by atoms with Gasteiger partial charge in [0.05, 0.1) is 5.69 Å². The fourth-order valence-electron chi connectivity index (χ4n) is 1.38. The van der Waals surface area contributed by atoms with E-state index in [0.29, 0.717) is 11.3 Å². The maximum Gasteiger partial charge on any atom is 0.213 e. The lowest BCUT2D eigenvalue weighted by molar-refractivity contribution is 0.107. The van der Waals surface area contributed by atoms with Crippen LogP contribution in [0.15, 0.2) is 35.8 Å². The maximum atomic E-state index is 11.5. The van der Waals surface area contributed by atoms with E-state index >= 15 is 0 Å². The first kappa shape index (κ1) is 7.92. The highest BCUT2D eigenvalue weighted by Crippen LogP contribution is 2.27. The molecule has 2 heteroatoms. The van der Waals surface area contributed by atoms with Crippen LogP contribution in [0.2, 0.25) is 0 Å². The van der Waals surface area contributed by atoms with Gasteiger partial charge in [-0.15, -0.1) is 0 Å². The van der Waals surface area contributed by atoms with Gasteiger partial charge in [0.15, 0.2) is 0 Å². The van der Waals surface area contributed by atoms with Gasteiger partial charge in [-0.1, -0.05) is 12.6 Å². The van der Waals surface area contributed by atoms with Crippen molar-refractivity contribution in [2.24, 2.45) is 4.99 Å². The molecule has 0 aliphatic carbocycles. The van der Waals surface area contributed by atoms with E-state index in [9.17, 15) is 4.79 Å². The van der Waals surface area contributed by atoms with E-state index in [1.165, 1.54) is 6.08 Å². The van der Waals surface area contributed by atoms with Crippen molar-refractivity contribution in [1.82, 2.24) is 0 Å². The van der Waals surface area contributed by atoms with Crippen LogP contribution in [0.5, 0.6) is 0 Å². The van der Waals surface area contributed by atoms with Gasteiger partial charge < -0.3 is 0 Å². The lowest BCUT2D eigenvalue weighted by Crippen LogP contribution is -2.05. The molecular formula is C11H9NO. The molecule has 1 aliphatic heterocycles.